The highest BCUT2D eigenvalue weighted by molar-refractivity contribution is 5.91. The van der Waals surface area contributed by atoms with Crippen molar-refractivity contribution in [2.24, 2.45) is 5.92 Å². The molecule has 0 saturated carbocycles. The van der Waals surface area contributed by atoms with Gasteiger partial charge in [0, 0.05) is 32.6 Å². The van der Waals surface area contributed by atoms with Crippen LogP contribution in [0.3, 0.4) is 0 Å². The number of carbonyl (C=O) groups excluding carboxylic acids is 3. The van der Waals surface area contributed by atoms with Gasteiger partial charge in [0.05, 0.1) is 12.5 Å². The summed E-state index contributed by atoms with van der Waals surface area (Å²) in [6.07, 6.45) is 0.188. The molecular weight excluding hydrogens is 378 g/mol. The Hall–Kier alpha value is -3.15. The molecule has 1 heterocycles. The third kappa shape index (κ3) is 5.69. The predicted octanol–water partition coefficient (Wildman–Crippen LogP) is 2.51. The van der Waals surface area contributed by atoms with Crippen LogP contribution in [0.25, 0.3) is 0 Å². The molecule has 2 aromatic rings. The van der Waals surface area contributed by atoms with E-state index in [4.69, 9.17) is 0 Å². The van der Waals surface area contributed by atoms with Gasteiger partial charge < -0.3 is 15.1 Å². The van der Waals surface area contributed by atoms with E-state index in [0.29, 0.717) is 26.2 Å². The molecule has 30 heavy (non-hydrogen) atoms. The minimum atomic E-state index is -0.417. The van der Waals surface area contributed by atoms with Gasteiger partial charge in [-0.3, -0.25) is 14.4 Å². The maximum atomic E-state index is 12.5. The summed E-state index contributed by atoms with van der Waals surface area (Å²) in [5.74, 6) is -0.810. The van der Waals surface area contributed by atoms with Crippen LogP contribution in [-0.2, 0) is 27.5 Å². The van der Waals surface area contributed by atoms with Crippen molar-refractivity contribution in [3.05, 3.63) is 71.3 Å². The number of likely N-dealkylation sites (tertiary alicyclic amines) is 1. The molecule has 1 unspecified atom stereocenters. The summed E-state index contributed by atoms with van der Waals surface area (Å²) in [5.41, 5.74) is 3.26. The number of hydrogen-bond acceptors (Lipinski definition) is 3. The summed E-state index contributed by atoms with van der Waals surface area (Å²) in [6.45, 7) is 5.85. The molecule has 1 aliphatic heterocycles. The van der Waals surface area contributed by atoms with Crippen LogP contribution in [0.5, 0.6) is 0 Å². The van der Waals surface area contributed by atoms with Crippen LogP contribution in [-0.4, -0.2) is 47.2 Å². The Kier molecular flexibility index (Phi) is 7.22. The van der Waals surface area contributed by atoms with Crippen LogP contribution in [0.1, 0.15) is 30.0 Å². The monoisotopic (exact) mass is 407 g/mol. The Morgan fingerprint density at radius 2 is 1.77 bits per heavy atom. The molecule has 0 spiro atoms. The van der Waals surface area contributed by atoms with Gasteiger partial charge in [-0.1, -0.05) is 60.2 Å². The molecule has 1 saturated heterocycles. The van der Waals surface area contributed by atoms with Crippen molar-refractivity contribution in [1.82, 2.24) is 15.1 Å². The van der Waals surface area contributed by atoms with Crippen molar-refractivity contribution in [3.63, 3.8) is 0 Å². The number of amides is 3. The summed E-state index contributed by atoms with van der Waals surface area (Å²) < 4.78 is 0. The molecule has 1 atom stereocenters. The Balaban J connectivity index is 1.48. The average molecular weight is 408 g/mol. The molecule has 1 aliphatic rings. The Morgan fingerprint density at radius 3 is 2.43 bits per heavy atom. The van der Waals surface area contributed by atoms with Crippen LogP contribution in [0.4, 0.5) is 0 Å². The first kappa shape index (κ1) is 21.6. The summed E-state index contributed by atoms with van der Waals surface area (Å²) in [5, 5.41) is 2.73. The third-order valence-electron chi connectivity index (χ3n) is 5.44. The zero-order valence-corrected chi connectivity index (χ0v) is 17.6. The zero-order valence-electron chi connectivity index (χ0n) is 17.6. The fourth-order valence-electron chi connectivity index (χ4n) is 3.61. The van der Waals surface area contributed by atoms with E-state index in [1.807, 2.05) is 68.4 Å². The van der Waals surface area contributed by atoms with Crippen molar-refractivity contribution < 1.29 is 14.4 Å². The Bertz CT molecular complexity index is 880. The molecule has 158 valence electrons. The third-order valence-corrected chi connectivity index (χ3v) is 5.44. The Morgan fingerprint density at radius 1 is 1.07 bits per heavy atom. The number of rotatable bonds is 8. The Labute approximate surface area is 177 Å². The predicted molar refractivity (Wildman–Crippen MR) is 115 cm³/mol. The molecule has 6 nitrogen and oxygen atoms in total. The van der Waals surface area contributed by atoms with Crippen molar-refractivity contribution >= 4 is 17.7 Å². The highest BCUT2D eigenvalue weighted by atomic mass is 16.2. The first-order valence-electron chi connectivity index (χ1n) is 10.4. The largest absolute Gasteiger partial charge is 0.347 e. The molecule has 2 aromatic carbocycles. The lowest BCUT2D eigenvalue weighted by Gasteiger charge is -2.22. The second-order valence-electron chi connectivity index (χ2n) is 7.77. The fourth-order valence-corrected chi connectivity index (χ4v) is 3.61. The smallest absolute Gasteiger partial charge is 0.242 e. The number of aryl methyl sites for hydroxylation is 1. The number of nitrogens with one attached hydrogen (secondary N) is 1. The van der Waals surface area contributed by atoms with Gasteiger partial charge in [0.2, 0.25) is 17.7 Å². The quantitative estimate of drug-likeness (QED) is 0.731. The first-order chi connectivity index (χ1) is 14.5. The van der Waals surface area contributed by atoms with E-state index in [1.54, 1.807) is 9.80 Å². The standard InChI is InChI=1S/C24H29N3O3/c1-3-26(15-19-7-5-4-6-8-19)23(29)14-25-24(30)21-13-22(28)27(17-21)16-20-11-9-18(2)10-12-20/h4-12,21H,3,13-17H2,1-2H3,(H,25,30). The van der Waals surface area contributed by atoms with E-state index < -0.39 is 5.92 Å². The molecule has 3 amide bonds. The lowest BCUT2D eigenvalue weighted by atomic mass is 10.1. The van der Waals surface area contributed by atoms with E-state index in [9.17, 15) is 14.4 Å². The van der Waals surface area contributed by atoms with Crippen LogP contribution in [0, 0.1) is 12.8 Å². The molecule has 0 aromatic heterocycles. The molecular formula is C24H29N3O3. The normalized spacial score (nSPS) is 15.9. The molecule has 0 radical (unpaired) electrons. The molecule has 1 N–H and O–H groups in total. The van der Waals surface area contributed by atoms with Crippen LogP contribution in [0.2, 0.25) is 0 Å². The summed E-state index contributed by atoms with van der Waals surface area (Å²) in [6, 6.07) is 17.8. The number of benzene rings is 2. The van der Waals surface area contributed by atoms with Crippen molar-refractivity contribution in [3.8, 4) is 0 Å². The minimum Gasteiger partial charge on any atom is -0.347 e. The van der Waals surface area contributed by atoms with Gasteiger partial charge in [0.1, 0.15) is 0 Å². The topological polar surface area (TPSA) is 69.7 Å². The van der Waals surface area contributed by atoms with Crippen LogP contribution >= 0.6 is 0 Å². The molecule has 0 aliphatic carbocycles. The average Bonchev–Trinajstić information content (AvgIpc) is 3.12. The van der Waals surface area contributed by atoms with E-state index in [0.717, 1.165) is 11.1 Å². The fraction of sp³-hybridized carbons (Fsp3) is 0.375. The summed E-state index contributed by atoms with van der Waals surface area (Å²) in [7, 11) is 0. The van der Waals surface area contributed by atoms with E-state index in [1.165, 1.54) is 5.56 Å². The lowest BCUT2D eigenvalue weighted by molar-refractivity contribution is -0.134. The van der Waals surface area contributed by atoms with Gasteiger partial charge in [-0.15, -0.1) is 0 Å². The van der Waals surface area contributed by atoms with Gasteiger partial charge in [0.25, 0.3) is 0 Å². The van der Waals surface area contributed by atoms with E-state index in [2.05, 4.69) is 5.32 Å². The van der Waals surface area contributed by atoms with Gasteiger partial charge in [0.15, 0.2) is 0 Å². The minimum absolute atomic E-state index is 0.0266. The molecule has 0 bridgehead atoms. The van der Waals surface area contributed by atoms with Crippen LogP contribution in [0.15, 0.2) is 54.6 Å². The van der Waals surface area contributed by atoms with Crippen molar-refractivity contribution in [2.45, 2.75) is 33.4 Å². The zero-order chi connectivity index (χ0) is 21.5. The first-order valence-corrected chi connectivity index (χ1v) is 10.4. The van der Waals surface area contributed by atoms with Gasteiger partial charge in [-0.05, 0) is 25.0 Å². The number of carbonyl (C=O) groups is 3. The molecule has 1 fully saturated rings. The number of likely N-dealkylation sites (N-methyl/N-ethyl adjacent to an activating group) is 1. The second kappa shape index (κ2) is 10.1. The SMILES string of the molecule is CCN(Cc1ccccc1)C(=O)CNC(=O)C1CC(=O)N(Cc2ccc(C)cc2)C1. The highest BCUT2D eigenvalue weighted by Gasteiger charge is 2.34. The van der Waals surface area contributed by atoms with Crippen molar-refractivity contribution in [2.75, 3.05) is 19.6 Å². The van der Waals surface area contributed by atoms with Crippen molar-refractivity contribution in [1.29, 1.82) is 0 Å². The van der Waals surface area contributed by atoms with Gasteiger partial charge >= 0.3 is 0 Å². The van der Waals surface area contributed by atoms with Gasteiger partial charge in [-0.2, -0.15) is 0 Å². The highest BCUT2D eigenvalue weighted by Crippen LogP contribution is 2.20. The van der Waals surface area contributed by atoms with Crippen LogP contribution < -0.4 is 5.32 Å². The number of hydrogen-bond donors (Lipinski definition) is 1. The summed E-state index contributed by atoms with van der Waals surface area (Å²) in [4.78, 5) is 40.8. The summed E-state index contributed by atoms with van der Waals surface area (Å²) >= 11 is 0. The van der Waals surface area contributed by atoms with Gasteiger partial charge in [-0.25, -0.2) is 0 Å². The maximum absolute atomic E-state index is 12.5. The molecule has 6 heteroatoms. The number of nitrogens with zero attached hydrogens (tertiary/aromatic N) is 2. The maximum Gasteiger partial charge on any atom is 0.242 e. The molecule has 3 rings (SSSR count). The van der Waals surface area contributed by atoms with E-state index >= 15 is 0 Å². The lowest BCUT2D eigenvalue weighted by Crippen LogP contribution is -2.42. The van der Waals surface area contributed by atoms with E-state index in [-0.39, 0.29) is 30.7 Å². The second-order valence-corrected chi connectivity index (χ2v) is 7.77.